The average Bonchev–Trinajstić information content (AvgIpc) is 2.10. The number of pyridine rings is 1. The molecule has 0 aliphatic carbocycles. The summed E-state index contributed by atoms with van der Waals surface area (Å²) in [7, 11) is 0. The van der Waals surface area contributed by atoms with E-state index in [1.807, 2.05) is 26.8 Å². The molecule has 0 aliphatic rings. The molecule has 62 valence electrons. The van der Waals surface area contributed by atoms with Crippen molar-refractivity contribution in [3.8, 4) is 5.75 Å². The van der Waals surface area contributed by atoms with Crippen LogP contribution in [0.15, 0.2) is 18.3 Å². The lowest BCUT2D eigenvalue weighted by Gasteiger charge is -1.95. The Kier molecular flexibility index (Phi) is 5.11. The highest BCUT2D eigenvalue weighted by molar-refractivity contribution is 5.18. The van der Waals surface area contributed by atoms with Crippen LogP contribution in [0.4, 0.5) is 0 Å². The minimum absolute atomic E-state index is 0.584. The van der Waals surface area contributed by atoms with Crippen molar-refractivity contribution >= 4 is 0 Å². The van der Waals surface area contributed by atoms with Crippen molar-refractivity contribution in [3.05, 3.63) is 24.0 Å². The van der Waals surface area contributed by atoms with E-state index in [1.165, 1.54) is 0 Å². The summed E-state index contributed by atoms with van der Waals surface area (Å²) < 4.78 is 0. The van der Waals surface area contributed by atoms with Gasteiger partial charge >= 0.3 is 0 Å². The molecule has 11 heavy (non-hydrogen) atoms. The molecule has 0 radical (unpaired) electrons. The van der Waals surface area contributed by atoms with Crippen LogP contribution in [-0.2, 0) is 0 Å². The van der Waals surface area contributed by atoms with Gasteiger partial charge in [0.2, 0.25) is 0 Å². The van der Waals surface area contributed by atoms with Gasteiger partial charge in [-0.3, -0.25) is 4.98 Å². The number of hydrogen-bond donors (Lipinski definition) is 1. The fourth-order valence-electron chi connectivity index (χ4n) is 0.524. The van der Waals surface area contributed by atoms with Crippen LogP contribution in [0.25, 0.3) is 0 Å². The van der Waals surface area contributed by atoms with E-state index in [4.69, 9.17) is 5.90 Å². The summed E-state index contributed by atoms with van der Waals surface area (Å²) in [6.07, 6.45) is 1.58. The Hall–Kier alpha value is -1.09. The van der Waals surface area contributed by atoms with Gasteiger partial charge in [0.15, 0.2) is 5.75 Å². The van der Waals surface area contributed by atoms with Crippen LogP contribution >= 0.6 is 0 Å². The lowest BCUT2D eigenvalue weighted by molar-refractivity contribution is 0.333. The molecule has 0 atom stereocenters. The van der Waals surface area contributed by atoms with Gasteiger partial charge in [-0.05, 0) is 19.1 Å². The van der Waals surface area contributed by atoms with Gasteiger partial charge in [0, 0.05) is 5.69 Å². The molecule has 3 nitrogen and oxygen atoms in total. The number of nitrogens with two attached hydrogens (primary N) is 1. The van der Waals surface area contributed by atoms with Gasteiger partial charge in [-0.15, -0.1) is 0 Å². The third-order valence-corrected chi connectivity index (χ3v) is 1.02. The van der Waals surface area contributed by atoms with Crippen LogP contribution < -0.4 is 10.7 Å². The molecule has 3 heteroatoms. The molecule has 1 heterocycles. The first kappa shape index (κ1) is 9.91. The molecule has 0 amide bonds. The third kappa shape index (κ3) is 3.57. The van der Waals surface area contributed by atoms with Crippen LogP contribution in [0.1, 0.15) is 19.5 Å². The molecular weight excluding hydrogens is 140 g/mol. The van der Waals surface area contributed by atoms with Gasteiger partial charge in [-0.2, -0.15) is 5.90 Å². The molecule has 1 aromatic heterocycles. The molecular formula is C8H14N2O. The monoisotopic (exact) mass is 154 g/mol. The van der Waals surface area contributed by atoms with Crippen molar-refractivity contribution in [2.75, 3.05) is 0 Å². The second kappa shape index (κ2) is 5.68. The summed E-state index contributed by atoms with van der Waals surface area (Å²) >= 11 is 0. The Morgan fingerprint density at radius 2 is 2.00 bits per heavy atom. The number of rotatable bonds is 1. The Morgan fingerprint density at radius 3 is 2.36 bits per heavy atom. The molecule has 0 bridgehead atoms. The molecule has 0 saturated carbocycles. The molecule has 0 fully saturated rings. The predicted molar refractivity (Wildman–Crippen MR) is 45.1 cm³/mol. The SMILES string of the molecule is CC.Cc1ccc(ON)cn1. The van der Waals surface area contributed by atoms with Gasteiger partial charge in [-0.1, -0.05) is 13.8 Å². The summed E-state index contributed by atoms with van der Waals surface area (Å²) in [5, 5.41) is 0. The molecule has 2 N–H and O–H groups in total. The van der Waals surface area contributed by atoms with Gasteiger partial charge < -0.3 is 4.84 Å². The number of aryl methyl sites for hydroxylation is 1. The zero-order chi connectivity index (χ0) is 8.69. The molecule has 1 aromatic rings. The van der Waals surface area contributed by atoms with E-state index in [0.717, 1.165) is 5.69 Å². The van der Waals surface area contributed by atoms with Gasteiger partial charge in [0.25, 0.3) is 0 Å². The highest BCUT2D eigenvalue weighted by atomic mass is 16.6. The Labute approximate surface area is 67.2 Å². The topological polar surface area (TPSA) is 48.1 Å². The highest BCUT2D eigenvalue weighted by Crippen LogP contribution is 2.05. The first-order chi connectivity index (χ1) is 5.33. The van der Waals surface area contributed by atoms with Crippen LogP contribution in [0.3, 0.4) is 0 Å². The number of aromatic nitrogens is 1. The molecule has 0 unspecified atom stereocenters. The normalized spacial score (nSPS) is 8.00. The average molecular weight is 154 g/mol. The number of nitrogens with zero attached hydrogens (tertiary/aromatic N) is 1. The van der Waals surface area contributed by atoms with E-state index >= 15 is 0 Å². The van der Waals surface area contributed by atoms with Crippen molar-refractivity contribution < 1.29 is 4.84 Å². The smallest absolute Gasteiger partial charge is 0.165 e. The van der Waals surface area contributed by atoms with E-state index in [1.54, 1.807) is 12.3 Å². The summed E-state index contributed by atoms with van der Waals surface area (Å²) in [5.74, 6) is 5.44. The number of hydrogen-bond acceptors (Lipinski definition) is 3. The summed E-state index contributed by atoms with van der Waals surface area (Å²) in [5.41, 5.74) is 0.954. The van der Waals surface area contributed by atoms with Crippen molar-refractivity contribution in [2.24, 2.45) is 5.90 Å². The maximum absolute atomic E-state index is 4.86. The third-order valence-electron chi connectivity index (χ3n) is 1.02. The maximum atomic E-state index is 4.86. The van der Waals surface area contributed by atoms with Gasteiger partial charge in [0.05, 0.1) is 6.20 Å². The first-order valence-corrected chi connectivity index (χ1v) is 3.62. The minimum Gasteiger partial charge on any atom is -0.410 e. The van der Waals surface area contributed by atoms with Crippen LogP contribution in [0.2, 0.25) is 0 Å². The Morgan fingerprint density at radius 1 is 1.36 bits per heavy atom. The molecule has 0 saturated heterocycles. The van der Waals surface area contributed by atoms with Crippen molar-refractivity contribution in [2.45, 2.75) is 20.8 Å². The summed E-state index contributed by atoms with van der Waals surface area (Å²) in [4.78, 5) is 8.35. The fraction of sp³-hybridized carbons (Fsp3) is 0.375. The van der Waals surface area contributed by atoms with E-state index < -0.39 is 0 Å². The largest absolute Gasteiger partial charge is 0.410 e. The summed E-state index contributed by atoms with van der Waals surface area (Å²) in [6.45, 7) is 5.90. The van der Waals surface area contributed by atoms with Gasteiger partial charge in [-0.25, -0.2) is 0 Å². The standard InChI is InChI=1S/C6H8N2O.C2H6/c1-5-2-3-6(9-7)4-8-5;1-2/h2-4H,7H2,1H3;1-2H3. The lowest BCUT2D eigenvalue weighted by atomic mass is 10.4. The van der Waals surface area contributed by atoms with E-state index in [-0.39, 0.29) is 0 Å². The molecule has 0 aromatic carbocycles. The van der Waals surface area contributed by atoms with Crippen molar-refractivity contribution in [3.63, 3.8) is 0 Å². The molecule has 0 aliphatic heterocycles. The first-order valence-electron chi connectivity index (χ1n) is 3.62. The van der Waals surface area contributed by atoms with Crippen molar-refractivity contribution in [1.82, 2.24) is 4.98 Å². The van der Waals surface area contributed by atoms with Crippen LogP contribution in [0, 0.1) is 6.92 Å². The highest BCUT2D eigenvalue weighted by Gasteiger charge is 1.87. The maximum Gasteiger partial charge on any atom is 0.165 e. The van der Waals surface area contributed by atoms with Crippen molar-refractivity contribution in [1.29, 1.82) is 0 Å². The minimum atomic E-state index is 0.584. The predicted octanol–water partition coefficient (Wildman–Crippen LogP) is 1.67. The second-order valence-corrected chi connectivity index (χ2v) is 1.75. The van der Waals surface area contributed by atoms with E-state index in [9.17, 15) is 0 Å². The van der Waals surface area contributed by atoms with Crippen LogP contribution in [0.5, 0.6) is 5.75 Å². The zero-order valence-corrected chi connectivity index (χ0v) is 7.16. The van der Waals surface area contributed by atoms with Gasteiger partial charge in [0.1, 0.15) is 0 Å². The molecule has 1 rings (SSSR count). The molecule has 0 spiro atoms. The quantitative estimate of drug-likeness (QED) is 0.626. The second-order valence-electron chi connectivity index (χ2n) is 1.75. The Balaban J connectivity index is 0.000000461. The van der Waals surface area contributed by atoms with E-state index in [2.05, 4.69) is 9.82 Å². The Bertz CT molecular complexity index is 184. The van der Waals surface area contributed by atoms with E-state index in [0.29, 0.717) is 5.75 Å². The lowest BCUT2D eigenvalue weighted by Crippen LogP contribution is -2.01. The zero-order valence-electron chi connectivity index (χ0n) is 7.16. The fourth-order valence-corrected chi connectivity index (χ4v) is 0.524. The van der Waals surface area contributed by atoms with Crippen LogP contribution in [-0.4, -0.2) is 4.98 Å². The summed E-state index contributed by atoms with van der Waals surface area (Å²) in [6, 6.07) is 3.60.